The van der Waals surface area contributed by atoms with Crippen LogP contribution >= 0.6 is 11.6 Å². The monoisotopic (exact) mass is 622 g/mol. The first-order chi connectivity index (χ1) is 21.7. The Balaban J connectivity index is 1.24. The van der Waals surface area contributed by atoms with Crippen molar-refractivity contribution in [2.75, 3.05) is 13.7 Å². The van der Waals surface area contributed by atoms with Gasteiger partial charge < -0.3 is 23.9 Å². The minimum Gasteiger partial charge on any atom is -0.494 e. The molecule has 9 heteroatoms. The molecule has 2 bridgehead atoms. The number of hydrogen-bond donors (Lipinski definition) is 1. The van der Waals surface area contributed by atoms with Gasteiger partial charge in [0, 0.05) is 42.6 Å². The van der Waals surface area contributed by atoms with Crippen molar-refractivity contribution >= 4 is 45.4 Å². The molecule has 1 aliphatic heterocycles. The third-order valence-electron chi connectivity index (χ3n) is 10.5. The highest BCUT2D eigenvalue weighted by Gasteiger charge is 2.46. The molecular formula is C36H35ClN4O4. The van der Waals surface area contributed by atoms with Gasteiger partial charge in [-0.2, -0.15) is 0 Å². The van der Waals surface area contributed by atoms with Gasteiger partial charge in [-0.25, -0.2) is 9.78 Å². The Bertz CT molecular complexity index is 2040. The number of aryl methyl sites for hydroxylation is 1. The van der Waals surface area contributed by atoms with Gasteiger partial charge in [-0.1, -0.05) is 36.7 Å². The molecule has 1 saturated heterocycles. The van der Waals surface area contributed by atoms with Gasteiger partial charge in [0.15, 0.2) is 5.82 Å². The van der Waals surface area contributed by atoms with Gasteiger partial charge in [-0.15, -0.1) is 0 Å². The number of fused-ring (bicyclic) bond motifs is 4. The maximum absolute atomic E-state index is 13.8. The quantitative estimate of drug-likeness (QED) is 0.203. The summed E-state index contributed by atoms with van der Waals surface area (Å²) in [5, 5.41) is 10.9. The summed E-state index contributed by atoms with van der Waals surface area (Å²) in [7, 11) is 3.65. The molecule has 1 N–H and O–H groups in total. The third kappa shape index (κ3) is 4.52. The minimum atomic E-state index is -1.05. The van der Waals surface area contributed by atoms with E-state index in [2.05, 4.69) is 39.2 Å². The van der Waals surface area contributed by atoms with Crippen LogP contribution in [0.4, 0.5) is 0 Å². The Morgan fingerprint density at radius 3 is 2.49 bits per heavy atom. The Labute approximate surface area is 266 Å². The summed E-state index contributed by atoms with van der Waals surface area (Å²) in [5.74, 6) is 2.20. The molecule has 2 aromatic heterocycles. The molecule has 0 spiro atoms. The number of methoxy groups -OCH3 is 1. The van der Waals surface area contributed by atoms with Crippen molar-refractivity contribution in [1.82, 2.24) is 19.0 Å². The summed E-state index contributed by atoms with van der Waals surface area (Å²) in [6.45, 7) is 3.97. The number of amides is 1. The van der Waals surface area contributed by atoms with Gasteiger partial charge >= 0.3 is 5.97 Å². The third-order valence-corrected chi connectivity index (χ3v) is 10.8. The van der Waals surface area contributed by atoms with E-state index in [1.807, 2.05) is 31.3 Å². The Hall–Kier alpha value is -4.30. The molecule has 3 heterocycles. The summed E-state index contributed by atoms with van der Waals surface area (Å²) < 4.78 is 10.3. The number of aromatic nitrogens is 3. The number of carbonyl (C=O) groups is 2. The summed E-state index contributed by atoms with van der Waals surface area (Å²) in [6, 6.07) is 17.6. The van der Waals surface area contributed by atoms with Gasteiger partial charge in [-0.05, 0) is 91.0 Å². The van der Waals surface area contributed by atoms with Crippen molar-refractivity contribution in [3.05, 3.63) is 70.7 Å². The second-order valence-corrected chi connectivity index (χ2v) is 13.5. The zero-order valence-electron chi connectivity index (χ0n) is 25.6. The number of carboxylic acids is 1. The van der Waals surface area contributed by atoms with Crippen LogP contribution in [0.2, 0.25) is 5.02 Å². The topological polar surface area (TPSA) is 89.6 Å². The van der Waals surface area contributed by atoms with E-state index in [4.69, 9.17) is 21.3 Å². The maximum atomic E-state index is 13.8. The van der Waals surface area contributed by atoms with Crippen molar-refractivity contribution in [2.24, 2.45) is 24.8 Å². The van der Waals surface area contributed by atoms with Crippen LogP contribution in [-0.4, -0.2) is 55.7 Å². The molecule has 8 nitrogen and oxygen atoms in total. The molecule has 5 aromatic rings. The predicted molar refractivity (Wildman–Crippen MR) is 175 cm³/mol. The molecule has 0 radical (unpaired) electrons. The lowest BCUT2D eigenvalue weighted by molar-refractivity contribution is 0.0687. The van der Waals surface area contributed by atoms with Crippen molar-refractivity contribution in [2.45, 2.75) is 45.2 Å². The number of halogens is 1. The number of hydrogen-bond acceptors (Lipinski definition) is 4. The van der Waals surface area contributed by atoms with E-state index in [9.17, 15) is 14.7 Å². The highest BCUT2D eigenvalue weighted by atomic mass is 35.5. The predicted octanol–water partition coefficient (Wildman–Crippen LogP) is 7.50. The number of carbonyl (C=O) groups excluding carboxylic acids is 1. The number of nitrogens with zero attached hydrogens (tertiary/aromatic N) is 4. The van der Waals surface area contributed by atoms with Gasteiger partial charge in [0.05, 0.1) is 28.9 Å². The van der Waals surface area contributed by atoms with Crippen LogP contribution < -0.4 is 4.74 Å². The number of rotatable bonds is 7. The molecule has 3 atom stereocenters. The summed E-state index contributed by atoms with van der Waals surface area (Å²) in [6.07, 6.45) is 4.67. The number of benzene rings is 3. The number of imidazole rings is 1. The van der Waals surface area contributed by atoms with Crippen LogP contribution in [0.25, 0.3) is 44.6 Å². The van der Waals surface area contributed by atoms with E-state index in [0.717, 1.165) is 64.1 Å². The average Bonchev–Trinajstić information content (AvgIpc) is 3.44. The number of piperidine rings is 1. The second kappa shape index (κ2) is 10.4. The normalized spacial score (nSPS) is 20.9. The number of ether oxygens (including phenoxy) is 1. The molecule has 3 aliphatic rings. The highest BCUT2D eigenvalue weighted by Crippen LogP contribution is 2.44. The van der Waals surface area contributed by atoms with Gasteiger partial charge in [-0.3, -0.25) is 4.79 Å². The van der Waals surface area contributed by atoms with Gasteiger partial charge in [0.2, 0.25) is 0 Å². The average molecular weight is 623 g/mol. The zero-order valence-corrected chi connectivity index (χ0v) is 26.3. The van der Waals surface area contributed by atoms with Crippen LogP contribution in [0, 0.1) is 17.8 Å². The molecule has 230 valence electrons. The molecule has 2 unspecified atom stereocenters. The lowest BCUT2D eigenvalue weighted by atomic mass is 10.0. The second-order valence-electron chi connectivity index (χ2n) is 13.1. The van der Waals surface area contributed by atoms with E-state index in [1.165, 1.54) is 19.3 Å². The maximum Gasteiger partial charge on any atom is 0.337 e. The Morgan fingerprint density at radius 1 is 1.02 bits per heavy atom. The van der Waals surface area contributed by atoms with E-state index in [-0.39, 0.29) is 16.5 Å². The number of aromatic carboxylic acids is 1. The molecule has 3 aromatic carbocycles. The van der Waals surface area contributed by atoms with Crippen molar-refractivity contribution in [3.8, 4) is 28.4 Å². The summed E-state index contributed by atoms with van der Waals surface area (Å²) in [5.41, 5.74) is 6.07. The first-order valence-electron chi connectivity index (χ1n) is 15.7. The van der Waals surface area contributed by atoms with Crippen LogP contribution in [0.5, 0.6) is 5.75 Å². The fraction of sp³-hybridized carbons (Fsp3) is 0.361. The Kier molecular flexibility index (Phi) is 6.50. The van der Waals surface area contributed by atoms with E-state index in [0.29, 0.717) is 35.1 Å². The smallest absolute Gasteiger partial charge is 0.337 e. The van der Waals surface area contributed by atoms with Gasteiger partial charge in [0.25, 0.3) is 5.91 Å². The molecule has 2 saturated carbocycles. The standard InChI is InChI=1S/C36H35ClN4O4/c1-19-24-9-11-29(19)41(18-24)35(42)25-13-28-33(32(16-25)45-3)39(2)34(38-28)31-15-23-7-6-22(14-30(23)40(31)17-20-4-5-20)21-8-10-27(37)26(12-21)36(43)44/h6-8,10,12-16,19-20,24,29H,4-5,9,11,17-18H2,1-3H3,(H,43,44)/t19-,24?,29?/m1/s1. The summed E-state index contributed by atoms with van der Waals surface area (Å²) >= 11 is 6.16. The van der Waals surface area contributed by atoms with E-state index < -0.39 is 5.97 Å². The van der Waals surface area contributed by atoms with E-state index in [1.54, 1.807) is 19.2 Å². The lowest BCUT2D eigenvalue weighted by Gasteiger charge is -2.27. The fourth-order valence-electron chi connectivity index (χ4n) is 7.77. The molecular weight excluding hydrogens is 588 g/mol. The zero-order chi connectivity index (χ0) is 31.1. The number of carboxylic acid groups (broad SMARTS) is 1. The molecule has 8 rings (SSSR count). The van der Waals surface area contributed by atoms with Crippen LogP contribution in [0.1, 0.15) is 53.3 Å². The van der Waals surface area contributed by atoms with Crippen LogP contribution in [-0.2, 0) is 13.6 Å². The fourth-order valence-corrected chi connectivity index (χ4v) is 7.97. The van der Waals surface area contributed by atoms with Crippen LogP contribution in [0.3, 0.4) is 0 Å². The first kappa shape index (κ1) is 28.2. The van der Waals surface area contributed by atoms with Crippen LogP contribution in [0.15, 0.2) is 54.6 Å². The lowest BCUT2D eigenvalue weighted by Crippen LogP contribution is -2.38. The Morgan fingerprint density at radius 2 is 1.80 bits per heavy atom. The van der Waals surface area contributed by atoms with Crippen molar-refractivity contribution < 1.29 is 19.4 Å². The van der Waals surface area contributed by atoms with Crippen molar-refractivity contribution in [1.29, 1.82) is 0 Å². The first-order valence-corrected chi connectivity index (χ1v) is 16.1. The largest absolute Gasteiger partial charge is 0.494 e. The minimum absolute atomic E-state index is 0.0603. The molecule has 1 amide bonds. The summed E-state index contributed by atoms with van der Waals surface area (Å²) in [4.78, 5) is 32.7. The van der Waals surface area contributed by atoms with Gasteiger partial charge in [0.1, 0.15) is 11.3 Å². The number of likely N-dealkylation sites (tertiary alicyclic amines) is 1. The molecule has 2 aliphatic carbocycles. The van der Waals surface area contributed by atoms with E-state index >= 15 is 0 Å². The van der Waals surface area contributed by atoms with Crippen molar-refractivity contribution in [3.63, 3.8) is 0 Å². The SMILES string of the molecule is COc1cc(C(=O)N2CC3CCC2[C@@H]3C)cc2nc(-c3cc4ccc(-c5ccc(Cl)c(C(=O)O)c5)cc4n3CC3CC3)n(C)c12. The highest BCUT2D eigenvalue weighted by molar-refractivity contribution is 6.33. The molecule has 3 fully saturated rings. The molecule has 45 heavy (non-hydrogen) atoms.